The molecule has 0 radical (unpaired) electrons. The molecular formula is C12H15F2N3O2. The molecule has 0 bridgehead atoms. The van der Waals surface area contributed by atoms with E-state index in [2.05, 4.69) is 16.0 Å². The fraction of sp³-hybridized carbons (Fsp3) is 0.333. The summed E-state index contributed by atoms with van der Waals surface area (Å²) in [7, 11) is 0. The molecule has 1 rings (SSSR count). The highest BCUT2D eigenvalue weighted by molar-refractivity contribution is 5.94. The molecule has 0 fully saturated rings. The van der Waals surface area contributed by atoms with Crippen molar-refractivity contribution < 1.29 is 18.4 Å². The van der Waals surface area contributed by atoms with E-state index in [4.69, 9.17) is 0 Å². The predicted molar refractivity (Wildman–Crippen MR) is 66.7 cm³/mol. The molecule has 0 aromatic heterocycles. The minimum atomic E-state index is -1.05. The number of hydrogen-bond acceptors (Lipinski definition) is 2. The molecule has 19 heavy (non-hydrogen) atoms. The molecule has 0 aliphatic carbocycles. The minimum Gasteiger partial charge on any atom is -0.336 e. The van der Waals surface area contributed by atoms with Gasteiger partial charge in [0, 0.05) is 17.8 Å². The molecule has 104 valence electrons. The normalized spacial score (nSPS) is 10.2. The summed E-state index contributed by atoms with van der Waals surface area (Å²) in [5.41, 5.74) is 0.120. The molecule has 1 aromatic carbocycles. The monoisotopic (exact) mass is 271 g/mol. The molecular weight excluding hydrogens is 256 g/mol. The van der Waals surface area contributed by atoms with Crippen LogP contribution < -0.4 is 16.0 Å². The summed E-state index contributed by atoms with van der Waals surface area (Å²) in [6, 6.07) is 2.47. The molecule has 1 aromatic rings. The van der Waals surface area contributed by atoms with Crippen molar-refractivity contribution in [2.75, 3.05) is 11.9 Å². The van der Waals surface area contributed by atoms with Gasteiger partial charge in [-0.1, -0.05) is 0 Å². The summed E-state index contributed by atoms with van der Waals surface area (Å²) in [5, 5.41) is 7.20. The second-order valence-electron chi connectivity index (χ2n) is 4.16. The third-order valence-electron chi connectivity index (χ3n) is 2.03. The number of rotatable bonds is 4. The van der Waals surface area contributed by atoms with Gasteiger partial charge in [0.1, 0.15) is 0 Å². The molecule has 0 unspecified atom stereocenters. The lowest BCUT2D eigenvalue weighted by molar-refractivity contribution is -0.115. The maximum Gasteiger partial charge on any atom is 0.315 e. The van der Waals surface area contributed by atoms with E-state index in [1.165, 1.54) is 6.07 Å². The maximum absolute atomic E-state index is 12.9. The van der Waals surface area contributed by atoms with Crippen molar-refractivity contribution in [1.29, 1.82) is 0 Å². The van der Waals surface area contributed by atoms with E-state index in [0.29, 0.717) is 0 Å². The van der Waals surface area contributed by atoms with Crippen molar-refractivity contribution in [3.05, 3.63) is 29.8 Å². The zero-order chi connectivity index (χ0) is 14.4. The number of halogens is 2. The average Bonchev–Trinajstić information content (AvgIpc) is 2.30. The van der Waals surface area contributed by atoms with Crippen LogP contribution in [0.25, 0.3) is 0 Å². The summed E-state index contributed by atoms with van der Waals surface area (Å²) in [4.78, 5) is 22.6. The lowest BCUT2D eigenvalue weighted by atomic mass is 10.3. The molecule has 0 spiro atoms. The van der Waals surface area contributed by atoms with Gasteiger partial charge in [0.2, 0.25) is 5.91 Å². The van der Waals surface area contributed by atoms with Crippen molar-refractivity contribution in [1.82, 2.24) is 10.6 Å². The van der Waals surface area contributed by atoms with Crippen LogP contribution in [-0.4, -0.2) is 24.5 Å². The summed E-state index contributed by atoms with van der Waals surface area (Å²) in [6.07, 6.45) is 0. The van der Waals surface area contributed by atoms with Crippen molar-refractivity contribution >= 4 is 17.6 Å². The minimum absolute atomic E-state index is 0.0470. The molecule has 5 nitrogen and oxygen atoms in total. The van der Waals surface area contributed by atoms with E-state index in [-0.39, 0.29) is 18.3 Å². The topological polar surface area (TPSA) is 70.2 Å². The molecule has 0 heterocycles. The lowest BCUT2D eigenvalue weighted by Gasteiger charge is -2.10. The molecule has 3 amide bonds. The molecule has 0 atom stereocenters. The van der Waals surface area contributed by atoms with Crippen LogP contribution in [0.4, 0.5) is 19.3 Å². The van der Waals surface area contributed by atoms with Crippen molar-refractivity contribution in [2.24, 2.45) is 0 Å². The van der Waals surface area contributed by atoms with Crippen LogP contribution in [0, 0.1) is 11.6 Å². The third-order valence-corrected chi connectivity index (χ3v) is 2.03. The Morgan fingerprint density at radius 1 is 1.21 bits per heavy atom. The SMILES string of the molecule is CC(C)NC(=O)NCC(=O)Nc1ccc(F)c(F)c1. The Labute approximate surface area is 109 Å². The van der Waals surface area contributed by atoms with Crippen molar-refractivity contribution in [3.8, 4) is 0 Å². The molecule has 0 saturated carbocycles. The van der Waals surface area contributed by atoms with Gasteiger partial charge in [0.25, 0.3) is 0 Å². The zero-order valence-corrected chi connectivity index (χ0v) is 10.6. The first-order chi connectivity index (χ1) is 8.88. The number of hydrogen-bond donors (Lipinski definition) is 3. The number of benzene rings is 1. The second kappa shape index (κ2) is 6.67. The van der Waals surface area contributed by atoms with Crippen LogP contribution in [0.5, 0.6) is 0 Å². The highest BCUT2D eigenvalue weighted by atomic mass is 19.2. The Morgan fingerprint density at radius 3 is 2.47 bits per heavy atom. The molecule has 3 N–H and O–H groups in total. The Kier molecular flexibility index (Phi) is 5.23. The lowest BCUT2D eigenvalue weighted by Crippen LogP contribution is -2.42. The zero-order valence-electron chi connectivity index (χ0n) is 10.6. The number of urea groups is 1. The van der Waals surface area contributed by atoms with E-state index in [0.717, 1.165) is 12.1 Å². The average molecular weight is 271 g/mol. The molecule has 0 aliphatic rings. The Bertz CT molecular complexity index is 478. The first-order valence-electron chi connectivity index (χ1n) is 5.67. The van der Waals surface area contributed by atoms with Gasteiger partial charge >= 0.3 is 6.03 Å². The predicted octanol–water partition coefficient (Wildman–Crippen LogP) is 1.61. The van der Waals surface area contributed by atoms with Crippen LogP contribution >= 0.6 is 0 Å². The van der Waals surface area contributed by atoms with Crippen LogP contribution in [-0.2, 0) is 4.79 Å². The van der Waals surface area contributed by atoms with Gasteiger partial charge in [-0.2, -0.15) is 0 Å². The molecule has 0 saturated heterocycles. The highest BCUT2D eigenvalue weighted by Crippen LogP contribution is 2.12. The van der Waals surface area contributed by atoms with Gasteiger partial charge in [-0.15, -0.1) is 0 Å². The smallest absolute Gasteiger partial charge is 0.315 e. The van der Waals surface area contributed by atoms with Crippen LogP contribution in [0.15, 0.2) is 18.2 Å². The number of nitrogens with one attached hydrogen (secondary N) is 3. The van der Waals surface area contributed by atoms with Gasteiger partial charge in [-0.05, 0) is 26.0 Å². The summed E-state index contributed by atoms with van der Waals surface area (Å²) in [5.74, 6) is -2.58. The van der Waals surface area contributed by atoms with Gasteiger partial charge < -0.3 is 16.0 Å². The van der Waals surface area contributed by atoms with E-state index in [1.807, 2.05) is 0 Å². The first kappa shape index (κ1) is 14.9. The van der Waals surface area contributed by atoms with Crippen molar-refractivity contribution in [2.45, 2.75) is 19.9 Å². The van der Waals surface area contributed by atoms with E-state index in [9.17, 15) is 18.4 Å². The van der Waals surface area contributed by atoms with Crippen LogP contribution in [0.2, 0.25) is 0 Å². The largest absolute Gasteiger partial charge is 0.336 e. The Hall–Kier alpha value is -2.18. The first-order valence-corrected chi connectivity index (χ1v) is 5.67. The molecule has 0 aliphatic heterocycles. The standard InChI is InChI=1S/C12H15F2N3O2/c1-7(2)16-12(19)15-6-11(18)17-8-3-4-9(13)10(14)5-8/h3-5,7H,6H2,1-2H3,(H,17,18)(H2,15,16,19). The van der Waals surface area contributed by atoms with Crippen LogP contribution in [0.3, 0.4) is 0 Å². The highest BCUT2D eigenvalue weighted by Gasteiger charge is 2.08. The molecule has 7 heteroatoms. The van der Waals surface area contributed by atoms with Gasteiger partial charge in [-0.3, -0.25) is 4.79 Å². The third kappa shape index (κ3) is 5.33. The summed E-state index contributed by atoms with van der Waals surface area (Å²) < 4.78 is 25.5. The number of carbonyl (C=O) groups is 2. The summed E-state index contributed by atoms with van der Waals surface area (Å²) >= 11 is 0. The fourth-order valence-corrected chi connectivity index (χ4v) is 1.25. The Morgan fingerprint density at radius 2 is 1.89 bits per heavy atom. The van der Waals surface area contributed by atoms with Crippen LogP contribution in [0.1, 0.15) is 13.8 Å². The fourth-order valence-electron chi connectivity index (χ4n) is 1.25. The van der Waals surface area contributed by atoms with E-state index < -0.39 is 23.6 Å². The number of amides is 3. The van der Waals surface area contributed by atoms with E-state index >= 15 is 0 Å². The van der Waals surface area contributed by atoms with Gasteiger partial charge in [0.05, 0.1) is 6.54 Å². The number of carbonyl (C=O) groups excluding carboxylic acids is 2. The summed E-state index contributed by atoms with van der Waals surface area (Å²) in [6.45, 7) is 3.29. The van der Waals surface area contributed by atoms with Crippen molar-refractivity contribution in [3.63, 3.8) is 0 Å². The van der Waals surface area contributed by atoms with Gasteiger partial charge in [-0.25, -0.2) is 13.6 Å². The Balaban J connectivity index is 2.43. The second-order valence-corrected chi connectivity index (χ2v) is 4.16. The maximum atomic E-state index is 12.9. The number of anilines is 1. The van der Waals surface area contributed by atoms with Gasteiger partial charge in [0.15, 0.2) is 11.6 Å². The van der Waals surface area contributed by atoms with E-state index in [1.54, 1.807) is 13.8 Å². The quantitative estimate of drug-likeness (QED) is 0.778.